The van der Waals surface area contributed by atoms with Gasteiger partial charge in [-0.15, -0.1) is 0 Å². The summed E-state index contributed by atoms with van der Waals surface area (Å²) >= 11 is 6.17. The van der Waals surface area contributed by atoms with Crippen LogP contribution in [-0.2, 0) is 11.3 Å². The number of aromatic nitrogens is 2. The van der Waals surface area contributed by atoms with Crippen LogP contribution in [-0.4, -0.2) is 58.1 Å². The van der Waals surface area contributed by atoms with E-state index in [0.717, 1.165) is 25.7 Å². The maximum Gasteiger partial charge on any atom is 0.275 e. The Labute approximate surface area is 147 Å². The Bertz CT molecular complexity index is 659. The van der Waals surface area contributed by atoms with Crippen molar-refractivity contribution in [1.29, 1.82) is 0 Å². The van der Waals surface area contributed by atoms with E-state index in [9.17, 15) is 9.59 Å². The Balaban J connectivity index is 1.78. The molecule has 0 spiro atoms. The van der Waals surface area contributed by atoms with Gasteiger partial charge in [-0.2, -0.15) is 5.10 Å². The molecule has 132 valence electrons. The van der Waals surface area contributed by atoms with E-state index >= 15 is 0 Å². The van der Waals surface area contributed by atoms with E-state index in [2.05, 4.69) is 5.10 Å². The summed E-state index contributed by atoms with van der Waals surface area (Å²) in [5.41, 5.74) is 0.319. The van der Waals surface area contributed by atoms with E-state index in [4.69, 9.17) is 11.6 Å². The highest BCUT2D eigenvalue weighted by Crippen LogP contribution is 2.48. The van der Waals surface area contributed by atoms with Crippen LogP contribution in [0.4, 0.5) is 0 Å². The molecule has 0 unspecified atom stereocenters. The topological polar surface area (TPSA) is 58.4 Å². The third-order valence-electron chi connectivity index (χ3n) is 5.70. The van der Waals surface area contributed by atoms with E-state index in [1.54, 1.807) is 15.8 Å². The Morgan fingerprint density at radius 1 is 1.50 bits per heavy atom. The van der Waals surface area contributed by atoms with Gasteiger partial charge in [0.15, 0.2) is 5.69 Å². The fourth-order valence-corrected chi connectivity index (χ4v) is 4.65. The molecule has 24 heavy (non-hydrogen) atoms. The van der Waals surface area contributed by atoms with Gasteiger partial charge in [0.25, 0.3) is 5.91 Å². The molecule has 3 rings (SSSR count). The summed E-state index contributed by atoms with van der Waals surface area (Å²) in [5, 5.41) is 4.68. The van der Waals surface area contributed by atoms with Gasteiger partial charge in [-0.3, -0.25) is 14.3 Å². The third-order valence-corrected chi connectivity index (χ3v) is 5.98. The fourth-order valence-electron chi connectivity index (χ4n) is 4.41. The molecule has 6 nitrogen and oxygen atoms in total. The second-order valence-electron chi connectivity index (χ2n) is 7.12. The van der Waals surface area contributed by atoms with Crippen LogP contribution < -0.4 is 0 Å². The second kappa shape index (κ2) is 6.39. The maximum atomic E-state index is 12.8. The Morgan fingerprint density at radius 2 is 2.25 bits per heavy atom. The zero-order chi connectivity index (χ0) is 17.5. The quantitative estimate of drug-likeness (QED) is 0.836. The SMILES string of the molecule is CCn1cc(Cl)c(C(=O)N(C)C[C@@]23CCC[C@H]2N(C)C(=O)CC3)n1. The zero-order valence-electron chi connectivity index (χ0n) is 14.6. The maximum absolute atomic E-state index is 12.8. The van der Waals surface area contributed by atoms with E-state index in [1.807, 2.05) is 25.9 Å². The van der Waals surface area contributed by atoms with E-state index in [0.29, 0.717) is 30.2 Å². The van der Waals surface area contributed by atoms with Gasteiger partial charge in [-0.25, -0.2) is 0 Å². The van der Waals surface area contributed by atoms with Gasteiger partial charge in [0.1, 0.15) is 0 Å². The second-order valence-corrected chi connectivity index (χ2v) is 7.52. The van der Waals surface area contributed by atoms with Gasteiger partial charge in [-0.1, -0.05) is 18.0 Å². The number of amides is 2. The molecule has 1 saturated heterocycles. The monoisotopic (exact) mass is 352 g/mol. The molecule has 7 heteroatoms. The number of likely N-dealkylation sites (tertiary alicyclic amines) is 1. The first kappa shape index (κ1) is 17.3. The largest absolute Gasteiger partial charge is 0.342 e. The predicted octanol–water partition coefficient (Wildman–Crippen LogP) is 2.42. The highest BCUT2D eigenvalue weighted by molar-refractivity contribution is 6.33. The van der Waals surface area contributed by atoms with Gasteiger partial charge in [-0.05, 0) is 26.2 Å². The van der Waals surface area contributed by atoms with Gasteiger partial charge < -0.3 is 9.80 Å². The molecule has 2 atom stereocenters. The number of hydrogen-bond acceptors (Lipinski definition) is 3. The van der Waals surface area contributed by atoms with E-state index < -0.39 is 0 Å². The van der Waals surface area contributed by atoms with Crippen molar-refractivity contribution in [3.63, 3.8) is 0 Å². The van der Waals surface area contributed by atoms with Crippen molar-refractivity contribution < 1.29 is 9.59 Å². The van der Waals surface area contributed by atoms with Crippen molar-refractivity contribution in [2.24, 2.45) is 5.41 Å². The van der Waals surface area contributed by atoms with Crippen molar-refractivity contribution in [2.75, 3.05) is 20.6 Å². The van der Waals surface area contributed by atoms with Crippen molar-refractivity contribution in [3.05, 3.63) is 16.9 Å². The lowest BCUT2D eigenvalue weighted by molar-refractivity contribution is -0.140. The fraction of sp³-hybridized carbons (Fsp3) is 0.706. The molecule has 2 heterocycles. The van der Waals surface area contributed by atoms with Crippen LogP contribution in [0.3, 0.4) is 0 Å². The molecule has 0 radical (unpaired) electrons. The molecule has 0 N–H and O–H groups in total. The van der Waals surface area contributed by atoms with Crippen LogP contribution in [0.5, 0.6) is 0 Å². The number of hydrogen-bond donors (Lipinski definition) is 0. The van der Waals surface area contributed by atoms with Crippen LogP contribution in [0.2, 0.25) is 5.02 Å². The normalized spacial score (nSPS) is 26.6. The van der Waals surface area contributed by atoms with Gasteiger partial charge in [0.2, 0.25) is 5.91 Å². The van der Waals surface area contributed by atoms with Crippen molar-refractivity contribution in [1.82, 2.24) is 19.6 Å². The smallest absolute Gasteiger partial charge is 0.275 e. The minimum atomic E-state index is -0.147. The molecule has 0 aromatic carbocycles. The molecule has 1 aliphatic heterocycles. The highest BCUT2D eigenvalue weighted by atomic mass is 35.5. The minimum absolute atomic E-state index is 0.00681. The van der Waals surface area contributed by atoms with E-state index in [1.165, 1.54) is 0 Å². The molecule has 2 amide bonds. The van der Waals surface area contributed by atoms with Crippen LogP contribution in [0.1, 0.15) is 49.5 Å². The number of halogens is 1. The zero-order valence-corrected chi connectivity index (χ0v) is 15.3. The lowest BCUT2D eigenvalue weighted by atomic mass is 9.74. The summed E-state index contributed by atoms with van der Waals surface area (Å²) in [6.07, 6.45) is 6.30. The molecular weight excluding hydrogens is 328 g/mol. The number of rotatable bonds is 4. The van der Waals surface area contributed by atoms with Crippen LogP contribution >= 0.6 is 11.6 Å². The van der Waals surface area contributed by atoms with Gasteiger partial charge in [0.05, 0.1) is 5.02 Å². The number of piperidine rings is 1. The lowest BCUT2D eigenvalue weighted by Crippen LogP contribution is -2.54. The average Bonchev–Trinajstić information content (AvgIpc) is 3.14. The summed E-state index contributed by atoms with van der Waals surface area (Å²) in [4.78, 5) is 28.4. The van der Waals surface area contributed by atoms with E-state index in [-0.39, 0.29) is 23.3 Å². The Morgan fingerprint density at radius 3 is 2.92 bits per heavy atom. The molecule has 1 aromatic rings. The number of carbonyl (C=O) groups excluding carboxylic acids is 2. The Hall–Kier alpha value is -1.56. The molecule has 2 aliphatic rings. The van der Waals surface area contributed by atoms with Crippen LogP contribution in [0.25, 0.3) is 0 Å². The Kier molecular flexibility index (Phi) is 4.60. The third kappa shape index (κ3) is 2.81. The summed E-state index contributed by atoms with van der Waals surface area (Å²) in [7, 11) is 3.71. The van der Waals surface area contributed by atoms with Crippen LogP contribution in [0, 0.1) is 5.41 Å². The summed E-state index contributed by atoms with van der Waals surface area (Å²) in [6.45, 7) is 3.28. The highest BCUT2D eigenvalue weighted by Gasteiger charge is 2.50. The van der Waals surface area contributed by atoms with Gasteiger partial charge >= 0.3 is 0 Å². The number of aryl methyl sites for hydroxylation is 1. The lowest BCUT2D eigenvalue weighted by Gasteiger charge is -2.46. The van der Waals surface area contributed by atoms with Crippen molar-refractivity contribution >= 4 is 23.4 Å². The minimum Gasteiger partial charge on any atom is -0.342 e. The molecular formula is C17H25ClN4O2. The summed E-state index contributed by atoms with van der Waals surface area (Å²) in [6, 6.07) is 0.234. The van der Waals surface area contributed by atoms with Crippen molar-refractivity contribution in [3.8, 4) is 0 Å². The van der Waals surface area contributed by atoms with Crippen molar-refractivity contribution in [2.45, 2.75) is 51.6 Å². The molecule has 2 fully saturated rings. The number of carbonyl (C=O) groups is 2. The summed E-state index contributed by atoms with van der Waals surface area (Å²) in [5.74, 6) is 0.0722. The average molecular weight is 353 g/mol. The summed E-state index contributed by atoms with van der Waals surface area (Å²) < 4.78 is 1.67. The molecule has 0 bridgehead atoms. The molecule has 1 aromatic heterocycles. The predicted molar refractivity (Wildman–Crippen MR) is 91.9 cm³/mol. The van der Waals surface area contributed by atoms with Gasteiger partial charge in [0, 0.05) is 51.3 Å². The first-order chi connectivity index (χ1) is 11.4. The molecule has 1 saturated carbocycles. The molecule has 1 aliphatic carbocycles. The first-order valence-corrected chi connectivity index (χ1v) is 9.00. The first-order valence-electron chi connectivity index (χ1n) is 8.62. The number of nitrogens with zero attached hydrogens (tertiary/aromatic N) is 4. The van der Waals surface area contributed by atoms with Crippen LogP contribution in [0.15, 0.2) is 6.20 Å². The standard InChI is InChI=1S/C17H25ClN4O2/c1-4-22-10-12(18)15(19-22)16(24)20(2)11-17-8-5-6-13(17)21(3)14(23)7-9-17/h10,13H,4-9,11H2,1-3H3/t13-,17+/m1/s1. The number of fused-ring (bicyclic) bond motifs is 1.